The van der Waals surface area contributed by atoms with Crippen molar-refractivity contribution in [2.45, 2.75) is 19.4 Å². The maximum Gasteiger partial charge on any atom is 0.119 e. The van der Waals surface area contributed by atoms with Gasteiger partial charge in [0.25, 0.3) is 0 Å². The molecule has 1 atom stereocenters. The van der Waals surface area contributed by atoms with E-state index in [1.807, 2.05) is 12.1 Å². The molecule has 2 N–H and O–H groups in total. The maximum atomic E-state index is 5.21. The van der Waals surface area contributed by atoms with Crippen molar-refractivity contribution in [3.05, 3.63) is 29.8 Å². The maximum absolute atomic E-state index is 5.21. The van der Waals surface area contributed by atoms with Gasteiger partial charge in [0.15, 0.2) is 0 Å². The van der Waals surface area contributed by atoms with Crippen LogP contribution >= 0.6 is 0 Å². The molecule has 1 saturated heterocycles. The summed E-state index contributed by atoms with van der Waals surface area (Å²) in [6, 6.07) is 8.24. The SMILES string of the molecule is COc1cccc(CNCC2CCCNC2)c1. The Morgan fingerprint density at radius 2 is 2.41 bits per heavy atom. The Labute approximate surface area is 104 Å². The molecular formula is C14H22N2O. The molecule has 1 unspecified atom stereocenters. The standard InChI is InChI=1S/C14H22N2O/c1-17-14-6-2-4-12(8-14)9-16-11-13-5-3-7-15-10-13/h2,4,6,8,13,15-16H,3,5,7,9-11H2,1H3. The smallest absolute Gasteiger partial charge is 0.119 e. The number of benzene rings is 1. The zero-order valence-electron chi connectivity index (χ0n) is 10.5. The van der Waals surface area contributed by atoms with Gasteiger partial charge < -0.3 is 15.4 Å². The van der Waals surface area contributed by atoms with E-state index in [-0.39, 0.29) is 0 Å². The number of rotatable bonds is 5. The molecule has 1 heterocycles. The molecule has 0 amide bonds. The summed E-state index contributed by atoms with van der Waals surface area (Å²) in [5.74, 6) is 1.72. The molecule has 2 rings (SSSR count). The molecule has 1 fully saturated rings. The van der Waals surface area contributed by atoms with Gasteiger partial charge in [0, 0.05) is 6.54 Å². The van der Waals surface area contributed by atoms with Gasteiger partial charge in [-0.1, -0.05) is 12.1 Å². The second kappa shape index (κ2) is 6.62. The van der Waals surface area contributed by atoms with Gasteiger partial charge in [-0.15, -0.1) is 0 Å². The molecule has 0 bridgehead atoms. The summed E-state index contributed by atoms with van der Waals surface area (Å²) >= 11 is 0. The first-order valence-corrected chi connectivity index (χ1v) is 6.43. The molecule has 3 nitrogen and oxygen atoms in total. The number of hydrogen-bond acceptors (Lipinski definition) is 3. The molecule has 1 aliphatic heterocycles. The van der Waals surface area contributed by atoms with E-state index in [2.05, 4.69) is 22.8 Å². The highest BCUT2D eigenvalue weighted by molar-refractivity contribution is 5.28. The number of piperidine rings is 1. The Bertz CT molecular complexity index is 335. The molecule has 0 aliphatic carbocycles. The minimum atomic E-state index is 0.786. The highest BCUT2D eigenvalue weighted by Gasteiger charge is 2.11. The normalized spacial score (nSPS) is 20.2. The van der Waals surface area contributed by atoms with E-state index in [0.29, 0.717) is 0 Å². The van der Waals surface area contributed by atoms with Crippen molar-refractivity contribution in [1.29, 1.82) is 0 Å². The monoisotopic (exact) mass is 234 g/mol. The lowest BCUT2D eigenvalue weighted by Gasteiger charge is -2.23. The Hall–Kier alpha value is -1.06. The van der Waals surface area contributed by atoms with Gasteiger partial charge in [-0.05, 0) is 56.1 Å². The van der Waals surface area contributed by atoms with Crippen molar-refractivity contribution in [3.63, 3.8) is 0 Å². The first-order valence-electron chi connectivity index (χ1n) is 6.43. The zero-order chi connectivity index (χ0) is 11.9. The Morgan fingerprint density at radius 1 is 1.47 bits per heavy atom. The van der Waals surface area contributed by atoms with Crippen molar-refractivity contribution < 1.29 is 4.74 Å². The van der Waals surface area contributed by atoms with Crippen LogP contribution in [0.5, 0.6) is 5.75 Å². The minimum absolute atomic E-state index is 0.786. The summed E-state index contributed by atoms with van der Waals surface area (Å²) < 4.78 is 5.21. The summed E-state index contributed by atoms with van der Waals surface area (Å²) in [6.07, 6.45) is 2.66. The van der Waals surface area contributed by atoms with Crippen molar-refractivity contribution >= 4 is 0 Å². The van der Waals surface area contributed by atoms with E-state index in [4.69, 9.17) is 4.74 Å². The fraction of sp³-hybridized carbons (Fsp3) is 0.571. The predicted molar refractivity (Wildman–Crippen MR) is 70.3 cm³/mol. The lowest BCUT2D eigenvalue weighted by molar-refractivity contribution is 0.359. The van der Waals surface area contributed by atoms with Crippen LogP contribution < -0.4 is 15.4 Å². The van der Waals surface area contributed by atoms with E-state index in [1.54, 1.807) is 7.11 Å². The van der Waals surface area contributed by atoms with Gasteiger partial charge in [0.2, 0.25) is 0 Å². The van der Waals surface area contributed by atoms with Gasteiger partial charge in [-0.3, -0.25) is 0 Å². The molecule has 0 aromatic heterocycles. The summed E-state index contributed by atoms with van der Waals surface area (Å²) in [4.78, 5) is 0. The van der Waals surface area contributed by atoms with Crippen LogP contribution in [0, 0.1) is 5.92 Å². The summed E-state index contributed by atoms with van der Waals surface area (Å²) in [5.41, 5.74) is 1.29. The average molecular weight is 234 g/mol. The average Bonchev–Trinajstić information content (AvgIpc) is 2.40. The van der Waals surface area contributed by atoms with Crippen molar-refractivity contribution in [2.24, 2.45) is 5.92 Å². The first kappa shape index (κ1) is 12.4. The van der Waals surface area contributed by atoms with Crippen LogP contribution in [0.2, 0.25) is 0 Å². The van der Waals surface area contributed by atoms with Crippen molar-refractivity contribution in [3.8, 4) is 5.75 Å². The van der Waals surface area contributed by atoms with Crippen molar-refractivity contribution in [2.75, 3.05) is 26.7 Å². The highest BCUT2D eigenvalue weighted by atomic mass is 16.5. The number of hydrogen-bond donors (Lipinski definition) is 2. The molecule has 1 aliphatic rings. The van der Waals surface area contributed by atoms with Crippen LogP contribution in [-0.4, -0.2) is 26.7 Å². The molecule has 1 aromatic rings. The van der Waals surface area contributed by atoms with Crippen LogP contribution in [-0.2, 0) is 6.54 Å². The molecule has 0 saturated carbocycles. The summed E-state index contributed by atoms with van der Waals surface area (Å²) in [7, 11) is 1.71. The topological polar surface area (TPSA) is 33.3 Å². The largest absolute Gasteiger partial charge is 0.497 e. The fourth-order valence-corrected chi connectivity index (χ4v) is 2.30. The number of ether oxygens (including phenoxy) is 1. The molecule has 0 spiro atoms. The van der Waals surface area contributed by atoms with Gasteiger partial charge >= 0.3 is 0 Å². The van der Waals surface area contributed by atoms with Crippen LogP contribution in [0.1, 0.15) is 18.4 Å². The van der Waals surface area contributed by atoms with Gasteiger partial charge in [-0.25, -0.2) is 0 Å². The van der Waals surface area contributed by atoms with Crippen LogP contribution in [0.25, 0.3) is 0 Å². The van der Waals surface area contributed by atoms with Crippen LogP contribution in [0.15, 0.2) is 24.3 Å². The van der Waals surface area contributed by atoms with E-state index < -0.39 is 0 Å². The third-order valence-electron chi connectivity index (χ3n) is 3.30. The lowest BCUT2D eigenvalue weighted by atomic mass is 10.00. The van der Waals surface area contributed by atoms with Gasteiger partial charge in [0.05, 0.1) is 7.11 Å². The second-order valence-corrected chi connectivity index (χ2v) is 4.69. The summed E-state index contributed by atoms with van der Waals surface area (Å²) in [6.45, 7) is 4.37. The summed E-state index contributed by atoms with van der Waals surface area (Å²) in [5, 5.41) is 6.97. The Kier molecular flexibility index (Phi) is 4.83. The third-order valence-corrected chi connectivity index (χ3v) is 3.30. The predicted octanol–water partition coefficient (Wildman–Crippen LogP) is 1.78. The molecule has 17 heavy (non-hydrogen) atoms. The van der Waals surface area contributed by atoms with Crippen LogP contribution in [0.3, 0.4) is 0 Å². The van der Waals surface area contributed by atoms with Gasteiger partial charge in [-0.2, -0.15) is 0 Å². The molecular weight excluding hydrogens is 212 g/mol. The highest BCUT2D eigenvalue weighted by Crippen LogP contribution is 2.13. The quantitative estimate of drug-likeness (QED) is 0.815. The number of methoxy groups -OCH3 is 1. The second-order valence-electron chi connectivity index (χ2n) is 4.69. The molecule has 1 aromatic carbocycles. The zero-order valence-corrected chi connectivity index (χ0v) is 10.5. The van der Waals surface area contributed by atoms with Gasteiger partial charge in [0.1, 0.15) is 5.75 Å². The number of nitrogens with one attached hydrogen (secondary N) is 2. The Balaban J connectivity index is 1.73. The van der Waals surface area contributed by atoms with Crippen molar-refractivity contribution in [1.82, 2.24) is 10.6 Å². The minimum Gasteiger partial charge on any atom is -0.497 e. The van der Waals surface area contributed by atoms with E-state index in [0.717, 1.165) is 31.3 Å². The molecule has 3 heteroatoms. The van der Waals surface area contributed by atoms with Crippen LogP contribution in [0.4, 0.5) is 0 Å². The first-order chi connectivity index (χ1) is 8.38. The molecule has 94 valence electrons. The van der Waals surface area contributed by atoms with E-state index >= 15 is 0 Å². The van der Waals surface area contributed by atoms with E-state index in [9.17, 15) is 0 Å². The Morgan fingerprint density at radius 3 is 3.18 bits per heavy atom. The third kappa shape index (κ3) is 4.02. The fourth-order valence-electron chi connectivity index (χ4n) is 2.30. The molecule has 0 radical (unpaired) electrons. The lowest BCUT2D eigenvalue weighted by Crippen LogP contribution is -2.35. The van der Waals surface area contributed by atoms with E-state index in [1.165, 1.54) is 24.9 Å².